The molecule has 1 saturated heterocycles. The van der Waals surface area contributed by atoms with Gasteiger partial charge in [0, 0.05) is 14.7 Å². The highest BCUT2D eigenvalue weighted by atomic mass is 79.9. The third-order valence-corrected chi connectivity index (χ3v) is 4.64. The van der Waals surface area contributed by atoms with Gasteiger partial charge in [-0.05, 0) is 66.7 Å². The second-order valence-electron chi connectivity index (χ2n) is 3.96. The monoisotopic (exact) mass is 273 g/mol. The smallest absolute Gasteiger partial charge is 0.0285 e. The molecule has 0 radical (unpaired) electrons. The molecule has 0 saturated carbocycles. The average molecular weight is 274 g/mol. The van der Waals surface area contributed by atoms with Gasteiger partial charge in [-0.2, -0.15) is 0 Å². The minimum absolute atomic E-state index is 0.956. The molecule has 1 aliphatic heterocycles. The standard InChI is InChI=1S/C11H16BrNS/c12-10-7-11(14-8-10)2-1-9-3-5-13-6-4-9/h7-9,13H,1-6H2. The van der Waals surface area contributed by atoms with E-state index in [1.54, 1.807) is 0 Å². The highest BCUT2D eigenvalue weighted by Gasteiger charge is 2.12. The van der Waals surface area contributed by atoms with Gasteiger partial charge in [-0.1, -0.05) is 0 Å². The first kappa shape index (κ1) is 10.7. The van der Waals surface area contributed by atoms with Crippen LogP contribution in [-0.4, -0.2) is 13.1 Å². The molecule has 0 spiro atoms. The molecule has 0 aromatic carbocycles. The van der Waals surface area contributed by atoms with E-state index in [2.05, 4.69) is 32.7 Å². The summed E-state index contributed by atoms with van der Waals surface area (Å²) in [6.07, 6.45) is 5.37. The van der Waals surface area contributed by atoms with Crippen molar-refractivity contribution in [2.45, 2.75) is 25.7 Å². The van der Waals surface area contributed by atoms with Crippen LogP contribution >= 0.6 is 27.3 Å². The molecule has 1 fully saturated rings. The summed E-state index contributed by atoms with van der Waals surface area (Å²) in [5, 5.41) is 5.59. The third-order valence-electron chi connectivity index (χ3n) is 2.88. The molecule has 78 valence electrons. The molecule has 2 rings (SSSR count). The van der Waals surface area contributed by atoms with Crippen LogP contribution in [0, 0.1) is 5.92 Å². The summed E-state index contributed by atoms with van der Waals surface area (Å²) in [7, 11) is 0. The summed E-state index contributed by atoms with van der Waals surface area (Å²) >= 11 is 5.37. The lowest BCUT2D eigenvalue weighted by Gasteiger charge is -2.22. The van der Waals surface area contributed by atoms with Crippen molar-refractivity contribution in [3.63, 3.8) is 0 Å². The molecule has 14 heavy (non-hydrogen) atoms. The van der Waals surface area contributed by atoms with E-state index in [1.165, 1.54) is 48.1 Å². The maximum absolute atomic E-state index is 3.50. The van der Waals surface area contributed by atoms with Crippen LogP contribution in [0.5, 0.6) is 0 Å². The Morgan fingerprint density at radius 1 is 1.43 bits per heavy atom. The number of hydrogen-bond acceptors (Lipinski definition) is 2. The maximum Gasteiger partial charge on any atom is 0.0285 e. The van der Waals surface area contributed by atoms with E-state index >= 15 is 0 Å². The van der Waals surface area contributed by atoms with E-state index in [9.17, 15) is 0 Å². The molecule has 0 bridgehead atoms. The summed E-state index contributed by atoms with van der Waals surface area (Å²) in [6, 6.07) is 2.26. The Balaban J connectivity index is 1.76. The van der Waals surface area contributed by atoms with Crippen molar-refractivity contribution in [3.8, 4) is 0 Å². The van der Waals surface area contributed by atoms with Crippen molar-refractivity contribution in [3.05, 3.63) is 20.8 Å². The largest absolute Gasteiger partial charge is 0.317 e. The van der Waals surface area contributed by atoms with Crippen molar-refractivity contribution in [1.82, 2.24) is 5.32 Å². The van der Waals surface area contributed by atoms with E-state index < -0.39 is 0 Å². The first-order valence-electron chi connectivity index (χ1n) is 5.28. The zero-order valence-corrected chi connectivity index (χ0v) is 10.7. The van der Waals surface area contributed by atoms with Crippen LogP contribution in [0.25, 0.3) is 0 Å². The molecule has 1 N–H and O–H groups in total. The second-order valence-corrected chi connectivity index (χ2v) is 5.87. The van der Waals surface area contributed by atoms with Crippen molar-refractivity contribution in [1.29, 1.82) is 0 Å². The molecule has 0 unspecified atom stereocenters. The SMILES string of the molecule is Brc1csc(CCC2CCNCC2)c1. The zero-order chi connectivity index (χ0) is 9.80. The van der Waals surface area contributed by atoms with Crippen molar-refractivity contribution in [2.24, 2.45) is 5.92 Å². The Bertz CT molecular complexity index is 279. The van der Waals surface area contributed by atoms with E-state index in [1.807, 2.05) is 11.3 Å². The number of nitrogens with one attached hydrogen (secondary N) is 1. The van der Waals surface area contributed by atoms with Gasteiger partial charge in [0.15, 0.2) is 0 Å². The van der Waals surface area contributed by atoms with Crippen LogP contribution < -0.4 is 5.32 Å². The Morgan fingerprint density at radius 2 is 2.21 bits per heavy atom. The van der Waals surface area contributed by atoms with Crippen LogP contribution in [0.4, 0.5) is 0 Å². The fourth-order valence-electron chi connectivity index (χ4n) is 2.00. The van der Waals surface area contributed by atoms with Gasteiger partial charge in [0.1, 0.15) is 0 Å². The predicted octanol–water partition coefficient (Wildman–Crippen LogP) is 3.44. The number of aryl methyl sites for hydroxylation is 1. The summed E-state index contributed by atoms with van der Waals surface area (Å²) in [5.74, 6) is 0.956. The number of halogens is 1. The molecule has 1 aromatic heterocycles. The summed E-state index contributed by atoms with van der Waals surface area (Å²) in [4.78, 5) is 1.52. The molecular weight excluding hydrogens is 258 g/mol. The van der Waals surface area contributed by atoms with E-state index in [4.69, 9.17) is 0 Å². The Hall–Kier alpha value is 0.140. The molecule has 0 amide bonds. The maximum atomic E-state index is 3.50. The predicted molar refractivity (Wildman–Crippen MR) is 65.9 cm³/mol. The van der Waals surface area contributed by atoms with Crippen LogP contribution in [0.1, 0.15) is 24.1 Å². The minimum atomic E-state index is 0.956. The molecule has 2 heterocycles. The Morgan fingerprint density at radius 3 is 2.86 bits per heavy atom. The lowest BCUT2D eigenvalue weighted by molar-refractivity contribution is 0.355. The molecule has 1 nitrogen and oxygen atoms in total. The van der Waals surface area contributed by atoms with Crippen LogP contribution in [-0.2, 0) is 6.42 Å². The highest BCUT2D eigenvalue weighted by Crippen LogP contribution is 2.24. The molecule has 1 aliphatic rings. The number of rotatable bonds is 3. The highest BCUT2D eigenvalue weighted by molar-refractivity contribution is 9.10. The topological polar surface area (TPSA) is 12.0 Å². The fraction of sp³-hybridized carbons (Fsp3) is 0.636. The molecule has 3 heteroatoms. The van der Waals surface area contributed by atoms with Gasteiger partial charge in [-0.15, -0.1) is 11.3 Å². The lowest BCUT2D eigenvalue weighted by atomic mass is 9.93. The van der Waals surface area contributed by atoms with Gasteiger partial charge in [0.05, 0.1) is 0 Å². The van der Waals surface area contributed by atoms with Crippen LogP contribution in [0.15, 0.2) is 15.9 Å². The summed E-state index contributed by atoms with van der Waals surface area (Å²) in [6.45, 7) is 2.44. The van der Waals surface area contributed by atoms with Crippen molar-refractivity contribution < 1.29 is 0 Å². The van der Waals surface area contributed by atoms with Crippen LogP contribution in [0.3, 0.4) is 0 Å². The molecular formula is C11H16BrNS. The number of thiophene rings is 1. The van der Waals surface area contributed by atoms with E-state index in [-0.39, 0.29) is 0 Å². The van der Waals surface area contributed by atoms with Gasteiger partial charge < -0.3 is 5.32 Å². The van der Waals surface area contributed by atoms with Gasteiger partial charge >= 0.3 is 0 Å². The van der Waals surface area contributed by atoms with Gasteiger partial charge in [-0.3, -0.25) is 0 Å². The van der Waals surface area contributed by atoms with Gasteiger partial charge in [-0.25, -0.2) is 0 Å². The average Bonchev–Trinajstić information content (AvgIpc) is 2.63. The number of piperidine rings is 1. The number of hydrogen-bond donors (Lipinski definition) is 1. The van der Waals surface area contributed by atoms with Crippen molar-refractivity contribution in [2.75, 3.05) is 13.1 Å². The summed E-state index contributed by atoms with van der Waals surface area (Å²) in [5.41, 5.74) is 0. The lowest BCUT2D eigenvalue weighted by Crippen LogP contribution is -2.27. The fourth-order valence-corrected chi connectivity index (χ4v) is 3.47. The Labute approximate surface area is 98.0 Å². The Kier molecular flexibility index (Phi) is 4.02. The first-order chi connectivity index (χ1) is 6.84. The molecule has 1 aromatic rings. The second kappa shape index (κ2) is 5.29. The van der Waals surface area contributed by atoms with Crippen molar-refractivity contribution >= 4 is 27.3 Å². The minimum Gasteiger partial charge on any atom is -0.317 e. The van der Waals surface area contributed by atoms with E-state index in [0.717, 1.165) is 5.92 Å². The molecule has 0 aliphatic carbocycles. The third kappa shape index (κ3) is 3.07. The summed E-state index contributed by atoms with van der Waals surface area (Å²) < 4.78 is 1.24. The van der Waals surface area contributed by atoms with Gasteiger partial charge in [0.25, 0.3) is 0 Å². The first-order valence-corrected chi connectivity index (χ1v) is 6.95. The normalized spacial score (nSPS) is 18.6. The van der Waals surface area contributed by atoms with Crippen LogP contribution in [0.2, 0.25) is 0 Å². The van der Waals surface area contributed by atoms with Gasteiger partial charge in [0.2, 0.25) is 0 Å². The van der Waals surface area contributed by atoms with E-state index in [0.29, 0.717) is 0 Å². The molecule has 0 atom stereocenters. The zero-order valence-electron chi connectivity index (χ0n) is 8.26. The quantitative estimate of drug-likeness (QED) is 0.890.